The van der Waals surface area contributed by atoms with Crippen molar-refractivity contribution in [3.05, 3.63) is 54.0 Å². The topological polar surface area (TPSA) is 49.6 Å². The molecule has 0 spiro atoms. The summed E-state index contributed by atoms with van der Waals surface area (Å²) in [5.74, 6) is 1.80. The van der Waals surface area contributed by atoms with Crippen LogP contribution in [0.4, 0.5) is 5.82 Å². The maximum atomic E-state index is 4.57. The first-order chi connectivity index (χ1) is 12.7. The highest BCUT2D eigenvalue weighted by molar-refractivity contribution is 5.47. The summed E-state index contributed by atoms with van der Waals surface area (Å²) in [6, 6.07) is 13.5. The van der Waals surface area contributed by atoms with Crippen LogP contribution in [0.1, 0.15) is 31.5 Å². The number of hydrogen-bond donors (Lipinski definition) is 0. The van der Waals surface area contributed by atoms with Gasteiger partial charge in [-0.2, -0.15) is 14.6 Å². The van der Waals surface area contributed by atoms with E-state index in [9.17, 15) is 0 Å². The van der Waals surface area contributed by atoms with Gasteiger partial charge in [-0.15, -0.1) is 0 Å². The van der Waals surface area contributed by atoms with Gasteiger partial charge in [0.25, 0.3) is 5.78 Å². The van der Waals surface area contributed by atoms with Crippen LogP contribution in [0, 0.1) is 0 Å². The van der Waals surface area contributed by atoms with E-state index in [1.807, 2.05) is 4.52 Å². The quantitative estimate of drug-likeness (QED) is 0.724. The van der Waals surface area contributed by atoms with Crippen LogP contribution in [0.25, 0.3) is 5.78 Å². The maximum absolute atomic E-state index is 4.57. The lowest BCUT2D eigenvalue weighted by atomic mass is 10.1. The van der Waals surface area contributed by atoms with Crippen molar-refractivity contribution in [3.8, 4) is 0 Å². The summed E-state index contributed by atoms with van der Waals surface area (Å²) in [5.41, 5.74) is 2.45. The Hall–Kier alpha value is -2.47. The molecule has 2 aromatic heterocycles. The Morgan fingerprint density at radius 3 is 2.77 bits per heavy atom. The van der Waals surface area contributed by atoms with Crippen molar-refractivity contribution in [1.29, 1.82) is 0 Å². The summed E-state index contributed by atoms with van der Waals surface area (Å²) in [4.78, 5) is 13.9. The average Bonchev–Trinajstić information content (AvgIpc) is 3.08. The smallest absolute Gasteiger partial charge is 0.254 e. The molecule has 1 aliphatic heterocycles. The number of rotatable bonds is 4. The molecule has 136 valence electrons. The zero-order valence-electron chi connectivity index (χ0n) is 15.5. The molecule has 0 bridgehead atoms. The van der Waals surface area contributed by atoms with Gasteiger partial charge >= 0.3 is 0 Å². The number of aromatic nitrogens is 4. The van der Waals surface area contributed by atoms with Gasteiger partial charge in [0.05, 0.1) is 0 Å². The molecule has 26 heavy (non-hydrogen) atoms. The van der Waals surface area contributed by atoms with E-state index in [1.165, 1.54) is 5.56 Å². The lowest BCUT2D eigenvalue weighted by molar-refractivity contribution is 0.212. The van der Waals surface area contributed by atoms with Crippen LogP contribution in [0.15, 0.2) is 42.7 Å². The van der Waals surface area contributed by atoms with E-state index in [1.54, 1.807) is 6.33 Å². The predicted molar refractivity (Wildman–Crippen MR) is 103 cm³/mol. The fourth-order valence-corrected chi connectivity index (χ4v) is 3.64. The normalized spacial score (nSPS) is 19.0. The van der Waals surface area contributed by atoms with E-state index in [4.69, 9.17) is 0 Å². The van der Waals surface area contributed by atoms with Crippen molar-refractivity contribution in [2.45, 2.75) is 39.3 Å². The first-order valence-corrected chi connectivity index (χ1v) is 9.47. The summed E-state index contributed by atoms with van der Waals surface area (Å²) >= 11 is 0. The average molecular weight is 350 g/mol. The summed E-state index contributed by atoms with van der Waals surface area (Å²) in [6.45, 7) is 8.52. The molecule has 1 aliphatic rings. The number of benzene rings is 1. The van der Waals surface area contributed by atoms with Gasteiger partial charge in [0, 0.05) is 44.0 Å². The van der Waals surface area contributed by atoms with Crippen molar-refractivity contribution in [2.75, 3.05) is 24.5 Å². The third-order valence-electron chi connectivity index (χ3n) is 5.30. The highest BCUT2D eigenvalue weighted by atomic mass is 15.4. The van der Waals surface area contributed by atoms with Gasteiger partial charge in [-0.1, -0.05) is 37.3 Å². The Bertz CT molecular complexity index is 859. The third kappa shape index (κ3) is 3.42. The highest BCUT2D eigenvalue weighted by Gasteiger charge is 2.23. The van der Waals surface area contributed by atoms with E-state index < -0.39 is 0 Å². The fourth-order valence-electron chi connectivity index (χ4n) is 3.64. The third-order valence-corrected chi connectivity index (χ3v) is 5.30. The first-order valence-electron chi connectivity index (χ1n) is 9.47. The molecule has 0 amide bonds. The molecule has 1 saturated heterocycles. The van der Waals surface area contributed by atoms with Crippen molar-refractivity contribution in [3.63, 3.8) is 0 Å². The molecular formula is C20H26N6. The van der Waals surface area contributed by atoms with Gasteiger partial charge in [0.15, 0.2) is 0 Å². The van der Waals surface area contributed by atoms with Gasteiger partial charge in [-0.25, -0.2) is 4.98 Å². The minimum Gasteiger partial charge on any atom is -0.355 e. The molecule has 1 atom stereocenters. The number of fused-ring (bicyclic) bond motifs is 1. The Balaban J connectivity index is 1.56. The highest BCUT2D eigenvalue weighted by Crippen LogP contribution is 2.21. The Labute approximate surface area is 154 Å². The monoisotopic (exact) mass is 350 g/mol. The molecule has 0 aliphatic carbocycles. The minimum absolute atomic E-state index is 0.555. The van der Waals surface area contributed by atoms with Crippen molar-refractivity contribution < 1.29 is 0 Å². The number of hydrogen-bond acceptors (Lipinski definition) is 5. The van der Waals surface area contributed by atoms with E-state index >= 15 is 0 Å². The molecular weight excluding hydrogens is 324 g/mol. The molecule has 4 rings (SSSR count). The van der Waals surface area contributed by atoms with Crippen LogP contribution in [-0.4, -0.2) is 50.2 Å². The molecule has 6 nitrogen and oxygen atoms in total. The Morgan fingerprint density at radius 2 is 1.96 bits per heavy atom. The Kier molecular flexibility index (Phi) is 4.84. The van der Waals surface area contributed by atoms with Gasteiger partial charge in [-0.3, -0.25) is 4.90 Å². The molecule has 3 aromatic rings. The van der Waals surface area contributed by atoms with E-state index in [-0.39, 0.29) is 0 Å². The van der Waals surface area contributed by atoms with Crippen LogP contribution >= 0.6 is 0 Å². The van der Waals surface area contributed by atoms with E-state index in [2.05, 4.69) is 75.1 Å². The summed E-state index contributed by atoms with van der Waals surface area (Å²) in [6.07, 6.45) is 3.63. The second-order valence-corrected chi connectivity index (χ2v) is 7.01. The first kappa shape index (κ1) is 17.0. The van der Waals surface area contributed by atoms with Crippen molar-refractivity contribution >= 4 is 11.6 Å². The molecule has 6 heteroatoms. The summed E-state index contributed by atoms with van der Waals surface area (Å²) in [7, 11) is 0. The predicted octanol–water partition coefficient (Wildman–Crippen LogP) is 2.79. The van der Waals surface area contributed by atoms with Crippen LogP contribution < -0.4 is 4.90 Å². The summed E-state index contributed by atoms with van der Waals surface area (Å²) in [5, 5.41) is 4.39. The molecule has 1 aromatic carbocycles. The van der Waals surface area contributed by atoms with E-state index in [0.717, 1.165) is 50.5 Å². The van der Waals surface area contributed by atoms with Crippen LogP contribution in [-0.2, 0) is 13.0 Å². The molecule has 1 fully saturated rings. The SMILES string of the molecule is CCc1cc(N2CCC(C)N(Cc3ccccc3)CC2)n2ncnc2n1. The molecule has 0 radical (unpaired) electrons. The van der Waals surface area contributed by atoms with Crippen LogP contribution in [0.2, 0.25) is 0 Å². The van der Waals surface area contributed by atoms with Crippen molar-refractivity contribution in [1.82, 2.24) is 24.5 Å². The van der Waals surface area contributed by atoms with Crippen LogP contribution in [0.5, 0.6) is 0 Å². The molecule has 1 unspecified atom stereocenters. The van der Waals surface area contributed by atoms with E-state index in [0.29, 0.717) is 11.8 Å². The standard InChI is InChI=1S/C20H26N6/c1-3-18-13-19(26-20(23-18)21-15-22-26)24-10-9-16(2)25(12-11-24)14-17-7-5-4-6-8-17/h4-8,13,15-16H,3,9-12,14H2,1-2H3. The minimum atomic E-state index is 0.555. The lowest BCUT2D eigenvalue weighted by Crippen LogP contribution is -2.34. The number of nitrogens with zero attached hydrogens (tertiary/aromatic N) is 6. The zero-order valence-corrected chi connectivity index (χ0v) is 15.5. The number of aryl methyl sites for hydroxylation is 1. The lowest BCUT2D eigenvalue weighted by Gasteiger charge is -2.26. The largest absolute Gasteiger partial charge is 0.355 e. The van der Waals surface area contributed by atoms with Gasteiger partial charge in [0.2, 0.25) is 0 Å². The molecule has 0 saturated carbocycles. The van der Waals surface area contributed by atoms with Gasteiger partial charge < -0.3 is 4.90 Å². The molecule has 3 heterocycles. The second-order valence-electron chi connectivity index (χ2n) is 7.01. The zero-order chi connectivity index (χ0) is 17.9. The second kappa shape index (κ2) is 7.41. The van der Waals surface area contributed by atoms with Crippen molar-refractivity contribution in [2.24, 2.45) is 0 Å². The number of anilines is 1. The Morgan fingerprint density at radius 1 is 1.12 bits per heavy atom. The van der Waals surface area contributed by atoms with Gasteiger partial charge in [-0.05, 0) is 25.3 Å². The summed E-state index contributed by atoms with van der Waals surface area (Å²) < 4.78 is 1.87. The maximum Gasteiger partial charge on any atom is 0.254 e. The molecule has 0 N–H and O–H groups in total. The van der Waals surface area contributed by atoms with Crippen LogP contribution in [0.3, 0.4) is 0 Å². The fraction of sp³-hybridized carbons (Fsp3) is 0.450. The van der Waals surface area contributed by atoms with Gasteiger partial charge in [0.1, 0.15) is 12.1 Å².